The van der Waals surface area contributed by atoms with Gasteiger partial charge in [-0.1, -0.05) is 38.5 Å². The first-order valence-electron chi connectivity index (χ1n) is 6.63. The van der Waals surface area contributed by atoms with Crippen LogP contribution in [0.5, 0.6) is 0 Å². The predicted molar refractivity (Wildman–Crippen MR) is 66.3 cm³/mol. The highest BCUT2D eigenvalue weighted by molar-refractivity contribution is 5.91. The molecule has 0 N–H and O–H groups in total. The van der Waals surface area contributed by atoms with Gasteiger partial charge in [0, 0.05) is 11.5 Å². The van der Waals surface area contributed by atoms with Crippen molar-refractivity contribution < 1.29 is 9.53 Å². The number of carbonyl (C=O) groups is 1. The van der Waals surface area contributed by atoms with E-state index in [2.05, 4.69) is 26.5 Å². The van der Waals surface area contributed by atoms with Crippen LogP contribution in [0, 0.1) is 17.3 Å². The van der Waals surface area contributed by atoms with Crippen LogP contribution >= 0.6 is 0 Å². The van der Waals surface area contributed by atoms with E-state index in [0.29, 0.717) is 11.5 Å². The molecular formula is C15H20O2. The summed E-state index contributed by atoms with van der Waals surface area (Å²) in [6, 6.07) is 0. The van der Waals surface area contributed by atoms with Gasteiger partial charge in [0.2, 0.25) is 0 Å². The smallest absolute Gasteiger partial charge is 0.334 e. The summed E-state index contributed by atoms with van der Waals surface area (Å²) in [6.45, 7) is 8.53. The molecule has 0 bridgehead atoms. The Bertz CT molecular complexity index is 421. The van der Waals surface area contributed by atoms with Crippen molar-refractivity contribution in [3.05, 3.63) is 23.8 Å². The number of rotatable bonds is 0. The monoisotopic (exact) mass is 232 g/mol. The predicted octanol–water partition coefficient (Wildman–Crippen LogP) is 3.24. The Hall–Kier alpha value is -1.05. The summed E-state index contributed by atoms with van der Waals surface area (Å²) in [6.07, 6.45) is 7.13. The molecule has 3 aliphatic rings. The number of fused-ring (bicyclic) bond motifs is 2. The molecule has 1 saturated heterocycles. The fourth-order valence-electron chi connectivity index (χ4n) is 3.94. The lowest BCUT2D eigenvalue weighted by Crippen LogP contribution is -2.38. The van der Waals surface area contributed by atoms with Gasteiger partial charge in [-0.2, -0.15) is 0 Å². The molecule has 3 rings (SSSR count). The molecule has 1 heterocycles. The van der Waals surface area contributed by atoms with Gasteiger partial charge in [-0.3, -0.25) is 0 Å². The quantitative estimate of drug-likeness (QED) is 0.364. The van der Waals surface area contributed by atoms with Crippen LogP contribution in [0.25, 0.3) is 0 Å². The third kappa shape index (κ3) is 1.50. The van der Waals surface area contributed by atoms with Crippen molar-refractivity contribution in [2.24, 2.45) is 17.3 Å². The second kappa shape index (κ2) is 3.47. The van der Waals surface area contributed by atoms with Gasteiger partial charge in [0.1, 0.15) is 6.10 Å². The lowest BCUT2D eigenvalue weighted by Gasteiger charge is -2.45. The maximum absolute atomic E-state index is 11.6. The highest BCUT2D eigenvalue weighted by Gasteiger charge is 2.48. The first-order chi connectivity index (χ1) is 8.01. The molecule has 0 unspecified atom stereocenters. The number of hydrogen-bond acceptors (Lipinski definition) is 2. The van der Waals surface area contributed by atoms with Gasteiger partial charge in [0.25, 0.3) is 0 Å². The van der Waals surface area contributed by atoms with Crippen molar-refractivity contribution in [1.82, 2.24) is 0 Å². The van der Waals surface area contributed by atoms with E-state index in [4.69, 9.17) is 4.74 Å². The van der Waals surface area contributed by atoms with Crippen molar-refractivity contribution in [1.29, 1.82) is 0 Å². The van der Waals surface area contributed by atoms with E-state index >= 15 is 0 Å². The summed E-state index contributed by atoms with van der Waals surface area (Å²) in [5, 5.41) is 0. The number of hydrogen-bond donors (Lipinski definition) is 0. The van der Waals surface area contributed by atoms with Gasteiger partial charge in [-0.25, -0.2) is 4.79 Å². The Morgan fingerprint density at radius 3 is 3.06 bits per heavy atom. The van der Waals surface area contributed by atoms with Crippen LogP contribution in [0.4, 0.5) is 0 Å². The molecule has 1 aliphatic heterocycles. The van der Waals surface area contributed by atoms with E-state index in [1.165, 1.54) is 19.3 Å². The van der Waals surface area contributed by atoms with Gasteiger partial charge < -0.3 is 4.74 Å². The largest absolute Gasteiger partial charge is 0.458 e. The zero-order chi connectivity index (χ0) is 12.2. The topological polar surface area (TPSA) is 26.3 Å². The van der Waals surface area contributed by atoms with Crippen molar-refractivity contribution >= 4 is 5.97 Å². The molecule has 2 heteroatoms. The molecule has 1 saturated carbocycles. The average Bonchev–Trinajstić information content (AvgIpc) is 2.52. The van der Waals surface area contributed by atoms with Gasteiger partial charge in [-0.05, 0) is 30.6 Å². The van der Waals surface area contributed by atoms with E-state index < -0.39 is 0 Å². The number of allylic oxidation sites excluding steroid dienone is 1. The molecule has 17 heavy (non-hydrogen) atoms. The molecule has 0 aromatic rings. The van der Waals surface area contributed by atoms with Crippen LogP contribution < -0.4 is 0 Å². The Labute approximate surface area is 103 Å². The van der Waals surface area contributed by atoms with Crippen LogP contribution in [0.2, 0.25) is 0 Å². The van der Waals surface area contributed by atoms with Crippen molar-refractivity contribution in [2.75, 3.05) is 0 Å². The summed E-state index contributed by atoms with van der Waals surface area (Å²) in [5.41, 5.74) is 2.45. The standard InChI is InChI=1S/C15H20O2/c1-9-5-4-6-15(3)8-13-11(7-12(9)15)10(2)14(16)17-13/h7,9,11,13H,2,4-6,8H2,1,3H3/t9-,11-,13+,15-/m0/s1. The van der Waals surface area contributed by atoms with Crippen LogP contribution in [-0.2, 0) is 9.53 Å². The molecule has 2 aliphatic carbocycles. The van der Waals surface area contributed by atoms with Gasteiger partial charge in [0.15, 0.2) is 0 Å². The molecule has 0 amide bonds. The highest BCUT2D eigenvalue weighted by Crippen LogP contribution is 2.53. The lowest BCUT2D eigenvalue weighted by molar-refractivity contribution is -0.140. The molecule has 0 spiro atoms. The first-order valence-corrected chi connectivity index (χ1v) is 6.63. The molecule has 2 nitrogen and oxygen atoms in total. The molecular weight excluding hydrogens is 212 g/mol. The summed E-state index contributed by atoms with van der Waals surface area (Å²) in [7, 11) is 0. The molecule has 4 atom stereocenters. The molecule has 0 radical (unpaired) electrons. The second-order valence-electron chi connectivity index (χ2n) is 6.17. The van der Waals surface area contributed by atoms with E-state index in [1.54, 1.807) is 5.57 Å². The van der Waals surface area contributed by atoms with E-state index in [9.17, 15) is 4.79 Å². The maximum Gasteiger partial charge on any atom is 0.334 e. The molecule has 0 aromatic heterocycles. The molecule has 2 fully saturated rings. The zero-order valence-electron chi connectivity index (χ0n) is 10.7. The molecule has 92 valence electrons. The highest BCUT2D eigenvalue weighted by atomic mass is 16.6. The van der Waals surface area contributed by atoms with Crippen LogP contribution in [0.15, 0.2) is 23.8 Å². The van der Waals surface area contributed by atoms with Crippen LogP contribution in [0.3, 0.4) is 0 Å². The third-order valence-corrected chi connectivity index (χ3v) is 4.93. The SMILES string of the molecule is C=C1C(=O)O[C@@H]2C[C@]3(C)CCC[C@H](C)C3=C[C@@H]12. The van der Waals surface area contributed by atoms with Crippen molar-refractivity contribution in [3.8, 4) is 0 Å². The Morgan fingerprint density at radius 2 is 2.29 bits per heavy atom. The minimum Gasteiger partial charge on any atom is -0.458 e. The van der Waals surface area contributed by atoms with Crippen molar-refractivity contribution in [3.63, 3.8) is 0 Å². The Morgan fingerprint density at radius 1 is 1.53 bits per heavy atom. The second-order valence-corrected chi connectivity index (χ2v) is 6.17. The maximum atomic E-state index is 11.6. The average molecular weight is 232 g/mol. The summed E-state index contributed by atoms with van der Waals surface area (Å²) in [4.78, 5) is 11.6. The lowest BCUT2D eigenvalue weighted by atomic mass is 9.60. The van der Waals surface area contributed by atoms with Gasteiger partial charge in [-0.15, -0.1) is 0 Å². The number of esters is 1. The number of ether oxygens (including phenoxy) is 1. The summed E-state index contributed by atoms with van der Waals surface area (Å²) >= 11 is 0. The normalized spacial score (nSPS) is 44.8. The Balaban J connectivity index is 2.01. The van der Waals surface area contributed by atoms with E-state index in [-0.39, 0.29) is 23.4 Å². The zero-order valence-corrected chi connectivity index (χ0v) is 10.7. The summed E-state index contributed by atoms with van der Waals surface area (Å²) in [5.74, 6) is 0.607. The van der Waals surface area contributed by atoms with E-state index in [1.807, 2.05) is 0 Å². The van der Waals surface area contributed by atoms with Crippen LogP contribution in [-0.4, -0.2) is 12.1 Å². The molecule has 0 aromatic carbocycles. The fourth-order valence-corrected chi connectivity index (χ4v) is 3.94. The third-order valence-electron chi connectivity index (χ3n) is 4.93. The van der Waals surface area contributed by atoms with Gasteiger partial charge >= 0.3 is 5.97 Å². The number of carbonyl (C=O) groups excluding carboxylic acids is 1. The summed E-state index contributed by atoms with van der Waals surface area (Å²) < 4.78 is 5.44. The minimum atomic E-state index is -0.188. The Kier molecular flexibility index (Phi) is 2.26. The van der Waals surface area contributed by atoms with Crippen LogP contribution in [0.1, 0.15) is 39.5 Å². The minimum absolute atomic E-state index is 0.0500. The van der Waals surface area contributed by atoms with Gasteiger partial charge in [0.05, 0.1) is 0 Å². The fraction of sp³-hybridized carbons (Fsp3) is 0.667. The van der Waals surface area contributed by atoms with E-state index in [0.717, 1.165) is 6.42 Å². The first kappa shape index (κ1) is 11.1. The van der Waals surface area contributed by atoms with Crippen molar-refractivity contribution in [2.45, 2.75) is 45.6 Å².